The van der Waals surface area contributed by atoms with E-state index in [4.69, 9.17) is 32.7 Å². The lowest BCUT2D eigenvalue weighted by molar-refractivity contribution is -0.149. The van der Waals surface area contributed by atoms with Crippen LogP contribution in [-0.2, 0) is 14.3 Å². The first kappa shape index (κ1) is 22.3. The number of nitrogens with one attached hydrogen (secondary N) is 1. The molecule has 0 saturated heterocycles. The molecule has 0 atom stereocenters. The lowest BCUT2D eigenvalue weighted by atomic mass is 10.0. The number of carbonyl (C=O) groups is 3. The Bertz CT molecular complexity index is 1080. The minimum atomic E-state index is -0.721. The standard InChI is InChI=1S/C23H17Cl2NO5/c24-16-6-9-18(10-7-16)30-14-22(28)31-13-21(27)26-20-11-8-17(25)12-19(20)23(29)15-4-2-1-3-5-15/h1-12H,13-14H2,(H,26,27). The molecule has 1 amide bonds. The molecule has 0 fully saturated rings. The first-order chi connectivity index (χ1) is 14.9. The summed E-state index contributed by atoms with van der Waals surface area (Å²) in [6, 6.07) is 19.6. The smallest absolute Gasteiger partial charge is 0.344 e. The second-order valence-corrected chi connectivity index (χ2v) is 7.21. The van der Waals surface area contributed by atoms with E-state index in [9.17, 15) is 14.4 Å². The largest absolute Gasteiger partial charge is 0.482 e. The maximum atomic E-state index is 12.8. The zero-order valence-corrected chi connectivity index (χ0v) is 17.7. The summed E-state index contributed by atoms with van der Waals surface area (Å²) in [4.78, 5) is 36.8. The third-order valence-electron chi connectivity index (χ3n) is 4.07. The molecule has 0 spiro atoms. The van der Waals surface area contributed by atoms with E-state index in [1.807, 2.05) is 0 Å². The van der Waals surface area contributed by atoms with Crippen LogP contribution in [0.25, 0.3) is 0 Å². The normalized spacial score (nSPS) is 10.3. The molecule has 3 aromatic carbocycles. The molecule has 1 N–H and O–H groups in total. The van der Waals surface area contributed by atoms with Crippen molar-refractivity contribution < 1.29 is 23.9 Å². The molecule has 8 heteroatoms. The van der Waals surface area contributed by atoms with Gasteiger partial charge in [-0.25, -0.2) is 4.79 Å². The van der Waals surface area contributed by atoms with Crippen LogP contribution in [0.4, 0.5) is 5.69 Å². The number of amides is 1. The van der Waals surface area contributed by atoms with Gasteiger partial charge in [0.15, 0.2) is 19.0 Å². The number of ether oxygens (including phenoxy) is 2. The van der Waals surface area contributed by atoms with Crippen LogP contribution in [0.1, 0.15) is 15.9 Å². The number of hydrogen-bond donors (Lipinski definition) is 1. The second kappa shape index (κ2) is 10.6. The Morgan fingerprint density at radius 3 is 2.19 bits per heavy atom. The van der Waals surface area contributed by atoms with Crippen LogP contribution in [0.3, 0.4) is 0 Å². The third-order valence-corrected chi connectivity index (χ3v) is 4.56. The summed E-state index contributed by atoms with van der Waals surface area (Å²) < 4.78 is 10.2. The maximum Gasteiger partial charge on any atom is 0.344 e. The van der Waals surface area contributed by atoms with Crippen molar-refractivity contribution in [2.75, 3.05) is 18.5 Å². The Morgan fingerprint density at radius 1 is 0.806 bits per heavy atom. The van der Waals surface area contributed by atoms with Crippen molar-refractivity contribution in [3.05, 3.63) is 94.0 Å². The second-order valence-electron chi connectivity index (χ2n) is 6.34. The van der Waals surface area contributed by atoms with Crippen molar-refractivity contribution >= 4 is 46.5 Å². The quantitative estimate of drug-likeness (QED) is 0.388. The highest BCUT2D eigenvalue weighted by Crippen LogP contribution is 2.24. The first-order valence-corrected chi connectivity index (χ1v) is 9.91. The van der Waals surface area contributed by atoms with E-state index in [2.05, 4.69) is 5.32 Å². The van der Waals surface area contributed by atoms with Gasteiger partial charge in [0.05, 0.1) is 5.69 Å². The molecule has 0 aliphatic heterocycles. The number of benzene rings is 3. The summed E-state index contributed by atoms with van der Waals surface area (Å²) >= 11 is 11.8. The summed E-state index contributed by atoms with van der Waals surface area (Å²) in [5, 5.41) is 3.46. The van der Waals surface area contributed by atoms with Crippen LogP contribution in [0.15, 0.2) is 72.8 Å². The van der Waals surface area contributed by atoms with Gasteiger partial charge in [-0.05, 0) is 42.5 Å². The molecule has 158 valence electrons. The van der Waals surface area contributed by atoms with Crippen LogP contribution in [0.2, 0.25) is 10.0 Å². The van der Waals surface area contributed by atoms with Gasteiger partial charge in [-0.3, -0.25) is 9.59 Å². The zero-order valence-electron chi connectivity index (χ0n) is 16.1. The maximum absolute atomic E-state index is 12.8. The SMILES string of the molecule is O=C(COC(=O)COc1ccc(Cl)cc1)Nc1ccc(Cl)cc1C(=O)c1ccccc1. The van der Waals surface area contributed by atoms with Crippen molar-refractivity contribution in [2.24, 2.45) is 0 Å². The molecule has 0 aromatic heterocycles. The zero-order chi connectivity index (χ0) is 22.2. The van der Waals surface area contributed by atoms with Crippen LogP contribution in [-0.4, -0.2) is 30.9 Å². The number of rotatable bonds is 8. The van der Waals surface area contributed by atoms with Crippen molar-refractivity contribution in [3.63, 3.8) is 0 Å². The number of ketones is 1. The molecule has 0 bridgehead atoms. The summed E-state index contributed by atoms with van der Waals surface area (Å²) in [6.45, 7) is -0.905. The molecule has 0 radical (unpaired) electrons. The molecule has 31 heavy (non-hydrogen) atoms. The lowest BCUT2D eigenvalue weighted by Crippen LogP contribution is -2.24. The Balaban J connectivity index is 1.57. The van der Waals surface area contributed by atoms with E-state index in [1.54, 1.807) is 60.7 Å². The summed E-state index contributed by atoms with van der Waals surface area (Å²) in [6.07, 6.45) is 0. The van der Waals surface area contributed by atoms with Crippen LogP contribution in [0.5, 0.6) is 5.75 Å². The highest BCUT2D eigenvalue weighted by Gasteiger charge is 2.17. The Morgan fingerprint density at radius 2 is 1.48 bits per heavy atom. The summed E-state index contributed by atoms with van der Waals surface area (Å²) in [5.74, 6) is -1.19. The van der Waals surface area contributed by atoms with Crippen molar-refractivity contribution in [2.45, 2.75) is 0 Å². The van der Waals surface area contributed by atoms with E-state index in [0.29, 0.717) is 21.4 Å². The highest BCUT2D eigenvalue weighted by atomic mass is 35.5. The fraction of sp³-hybridized carbons (Fsp3) is 0.0870. The predicted octanol–water partition coefficient (Wildman–Crippen LogP) is 4.79. The molecule has 0 aliphatic rings. The molecule has 3 aromatic rings. The average molecular weight is 458 g/mol. The molecule has 3 rings (SSSR count). The lowest BCUT2D eigenvalue weighted by Gasteiger charge is -2.12. The third kappa shape index (κ3) is 6.57. The van der Waals surface area contributed by atoms with Gasteiger partial charge in [-0.1, -0.05) is 53.5 Å². The Hall–Kier alpha value is -3.35. The van der Waals surface area contributed by atoms with Crippen molar-refractivity contribution in [1.82, 2.24) is 0 Å². The summed E-state index contributed by atoms with van der Waals surface area (Å²) in [5.41, 5.74) is 0.937. The van der Waals surface area contributed by atoms with Gasteiger partial charge in [0.2, 0.25) is 0 Å². The van der Waals surface area contributed by atoms with E-state index < -0.39 is 18.5 Å². The molecular weight excluding hydrogens is 441 g/mol. The van der Waals surface area contributed by atoms with E-state index in [0.717, 1.165) is 0 Å². The van der Waals surface area contributed by atoms with Gasteiger partial charge in [-0.15, -0.1) is 0 Å². The summed E-state index contributed by atoms with van der Waals surface area (Å²) in [7, 11) is 0. The fourth-order valence-corrected chi connectivity index (χ4v) is 2.90. The molecule has 0 heterocycles. The molecular formula is C23H17Cl2NO5. The Labute approximate surface area is 188 Å². The number of carbonyl (C=O) groups excluding carboxylic acids is 3. The van der Waals surface area contributed by atoms with Gasteiger partial charge >= 0.3 is 5.97 Å². The monoisotopic (exact) mass is 457 g/mol. The highest BCUT2D eigenvalue weighted by molar-refractivity contribution is 6.31. The van der Waals surface area contributed by atoms with Gasteiger partial charge in [0.25, 0.3) is 5.91 Å². The van der Waals surface area contributed by atoms with E-state index >= 15 is 0 Å². The van der Waals surface area contributed by atoms with Crippen molar-refractivity contribution in [3.8, 4) is 5.75 Å². The van der Waals surface area contributed by atoms with Crippen LogP contribution >= 0.6 is 23.2 Å². The van der Waals surface area contributed by atoms with E-state index in [-0.39, 0.29) is 23.6 Å². The topological polar surface area (TPSA) is 81.7 Å². The number of esters is 1. The van der Waals surface area contributed by atoms with Crippen LogP contribution < -0.4 is 10.1 Å². The van der Waals surface area contributed by atoms with Gasteiger partial charge in [-0.2, -0.15) is 0 Å². The van der Waals surface area contributed by atoms with Gasteiger partial charge < -0.3 is 14.8 Å². The van der Waals surface area contributed by atoms with E-state index in [1.165, 1.54) is 12.1 Å². The first-order valence-electron chi connectivity index (χ1n) is 9.15. The average Bonchev–Trinajstić information content (AvgIpc) is 2.78. The Kier molecular flexibility index (Phi) is 7.65. The van der Waals surface area contributed by atoms with Gasteiger partial charge in [0.1, 0.15) is 5.75 Å². The number of halogens is 2. The minimum absolute atomic E-state index is 0.226. The molecule has 6 nitrogen and oxygen atoms in total. The predicted molar refractivity (Wildman–Crippen MR) is 118 cm³/mol. The minimum Gasteiger partial charge on any atom is -0.482 e. The molecule has 0 unspecified atom stereocenters. The van der Waals surface area contributed by atoms with Gasteiger partial charge in [0, 0.05) is 21.2 Å². The van der Waals surface area contributed by atoms with Crippen molar-refractivity contribution in [1.29, 1.82) is 0 Å². The number of anilines is 1. The molecule has 0 aliphatic carbocycles. The fourth-order valence-electron chi connectivity index (χ4n) is 2.61. The molecule has 0 saturated carbocycles. The number of hydrogen-bond acceptors (Lipinski definition) is 5. The van der Waals surface area contributed by atoms with Crippen LogP contribution in [0, 0.1) is 0 Å².